The van der Waals surface area contributed by atoms with Crippen molar-refractivity contribution in [2.45, 2.75) is 25.6 Å². The van der Waals surface area contributed by atoms with Gasteiger partial charge in [0, 0.05) is 24.8 Å². The van der Waals surface area contributed by atoms with E-state index >= 15 is 0 Å². The van der Waals surface area contributed by atoms with Gasteiger partial charge in [-0.2, -0.15) is 0 Å². The van der Waals surface area contributed by atoms with E-state index in [4.69, 9.17) is 4.74 Å². The van der Waals surface area contributed by atoms with Crippen molar-refractivity contribution in [2.24, 2.45) is 0 Å². The first-order valence-electron chi connectivity index (χ1n) is 8.19. The van der Waals surface area contributed by atoms with Gasteiger partial charge in [-0.3, -0.25) is 0 Å². The molecule has 24 heavy (non-hydrogen) atoms. The van der Waals surface area contributed by atoms with Gasteiger partial charge in [0.1, 0.15) is 23.6 Å². The zero-order chi connectivity index (χ0) is 16.4. The minimum absolute atomic E-state index is 0.0716. The second-order valence-corrected chi connectivity index (χ2v) is 6.05. The molecule has 6 heteroatoms. The van der Waals surface area contributed by atoms with Gasteiger partial charge in [-0.25, -0.2) is 14.4 Å². The molecule has 0 spiro atoms. The Labute approximate surface area is 139 Å². The molecule has 1 aliphatic heterocycles. The molecule has 1 atom stereocenters. The average Bonchev–Trinajstić information content (AvgIpc) is 3.10. The molecule has 1 saturated heterocycles. The summed E-state index contributed by atoms with van der Waals surface area (Å²) in [5.41, 5.74) is 1.44. The lowest BCUT2D eigenvalue weighted by molar-refractivity contribution is 0.0301. The molecule has 3 aromatic rings. The summed E-state index contributed by atoms with van der Waals surface area (Å²) < 4.78 is 19.7. The fraction of sp³-hybridized carbons (Fsp3) is 0.333. The molecule has 4 rings (SSSR count). The molecule has 2 aromatic heterocycles. The number of aromatic amines is 1. The van der Waals surface area contributed by atoms with Crippen molar-refractivity contribution >= 4 is 16.9 Å². The molecule has 3 heterocycles. The highest BCUT2D eigenvalue weighted by Gasteiger charge is 2.23. The minimum atomic E-state index is -0.213. The Hall–Kier alpha value is -2.47. The Morgan fingerprint density at radius 3 is 3.08 bits per heavy atom. The number of rotatable bonds is 4. The van der Waals surface area contributed by atoms with Gasteiger partial charge < -0.3 is 14.6 Å². The normalized spacial score (nSPS) is 18.2. The van der Waals surface area contributed by atoms with Crippen LogP contribution in [0.3, 0.4) is 0 Å². The number of ether oxygens (including phenoxy) is 1. The number of piperidine rings is 1. The summed E-state index contributed by atoms with van der Waals surface area (Å²) in [5.74, 6) is 0.718. The number of anilines is 1. The third-order valence-corrected chi connectivity index (χ3v) is 4.44. The summed E-state index contributed by atoms with van der Waals surface area (Å²) in [6.45, 7) is 2.00. The Morgan fingerprint density at radius 1 is 1.25 bits per heavy atom. The maximum absolute atomic E-state index is 13.7. The van der Waals surface area contributed by atoms with E-state index in [1.165, 1.54) is 6.07 Å². The van der Waals surface area contributed by atoms with Gasteiger partial charge >= 0.3 is 0 Å². The predicted octanol–water partition coefficient (Wildman–Crippen LogP) is 3.28. The van der Waals surface area contributed by atoms with E-state index in [0.29, 0.717) is 12.2 Å². The molecule has 1 fully saturated rings. The first kappa shape index (κ1) is 15.1. The molecule has 0 aliphatic carbocycles. The Morgan fingerprint density at radius 2 is 2.17 bits per heavy atom. The predicted molar refractivity (Wildman–Crippen MR) is 90.3 cm³/mol. The van der Waals surface area contributed by atoms with Crippen LogP contribution in [0, 0.1) is 5.82 Å². The number of hydrogen-bond donors (Lipinski definition) is 1. The van der Waals surface area contributed by atoms with Crippen molar-refractivity contribution in [2.75, 3.05) is 18.0 Å². The van der Waals surface area contributed by atoms with Gasteiger partial charge in [0.2, 0.25) is 0 Å². The molecule has 0 amide bonds. The Kier molecular flexibility index (Phi) is 4.13. The number of benzene rings is 1. The number of nitrogens with zero attached hydrogens (tertiary/aromatic N) is 3. The molecule has 0 unspecified atom stereocenters. The third kappa shape index (κ3) is 2.97. The van der Waals surface area contributed by atoms with E-state index in [1.54, 1.807) is 18.5 Å². The highest BCUT2D eigenvalue weighted by atomic mass is 19.1. The Bertz CT molecular complexity index is 835. The minimum Gasteiger partial charge on any atom is -0.372 e. The standard InChI is InChI=1S/C18H19FN4O/c19-16-6-2-1-4-13(16)11-24-14-5-3-9-23(10-14)18-15-7-8-20-17(15)21-12-22-18/h1-2,4,6-8,12,14H,3,5,9-11H2,(H,20,21,22)/t14-/m0/s1. The number of fused-ring (bicyclic) bond motifs is 1. The summed E-state index contributed by atoms with van der Waals surface area (Å²) in [6.07, 6.45) is 5.53. The summed E-state index contributed by atoms with van der Waals surface area (Å²) in [6, 6.07) is 8.75. The van der Waals surface area contributed by atoms with E-state index in [2.05, 4.69) is 19.9 Å². The van der Waals surface area contributed by atoms with Crippen LogP contribution in [0.5, 0.6) is 0 Å². The summed E-state index contributed by atoms with van der Waals surface area (Å²) in [5, 5.41) is 1.02. The average molecular weight is 326 g/mol. The van der Waals surface area contributed by atoms with Crippen LogP contribution in [-0.2, 0) is 11.3 Å². The fourth-order valence-electron chi connectivity index (χ4n) is 3.20. The first-order chi connectivity index (χ1) is 11.8. The molecule has 1 aromatic carbocycles. The van der Waals surface area contributed by atoms with Crippen LogP contribution in [-0.4, -0.2) is 34.1 Å². The van der Waals surface area contributed by atoms with Crippen molar-refractivity contribution in [1.82, 2.24) is 15.0 Å². The van der Waals surface area contributed by atoms with Crippen molar-refractivity contribution in [1.29, 1.82) is 0 Å². The van der Waals surface area contributed by atoms with Crippen molar-refractivity contribution in [3.8, 4) is 0 Å². The van der Waals surface area contributed by atoms with Crippen molar-refractivity contribution in [3.63, 3.8) is 0 Å². The van der Waals surface area contributed by atoms with Crippen LogP contribution in [0.2, 0.25) is 0 Å². The molecular formula is C18H19FN4O. The SMILES string of the molecule is Fc1ccccc1CO[C@H]1CCCN(c2ncnc3[nH]ccc23)C1. The van der Waals surface area contributed by atoms with Gasteiger partial charge in [0.25, 0.3) is 0 Å². The topological polar surface area (TPSA) is 54.0 Å². The lowest BCUT2D eigenvalue weighted by atomic mass is 10.1. The van der Waals surface area contributed by atoms with Crippen LogP contribution in [0.1, 0.15) is 18.4 Å². The van der Waals surface area contributed by atoms with Crippen LogP contribution in [0.25, 0.3) is 11.0 Å². The van der Waals surface area contributed by atoms with Gasteiger partial charge in [0.05, 0.1) is 18.1 Å². The van der Waals surface area contributed by atoms with Crippen molar-refractivity contribution in [3.05, 3.63) is 54.2 Å². The molecule has 0 bridgehead atoms. The highest BCUT2D eigenvalue weighted by molar-refractivity contribution is 5.87. The maximum atomic E-state index is 13.7. The summed E-state index contributed by atoms with van der Waals surface area (Å²) >= 11 is 0. The van der Waals surface area contributed by atoms with Gasteiger partial charge in [0.15, 0.2) is 0 Å². The van der Waals surface area contributed by atoms with Gasteiger partial charge in [-0.15, -0.1) is 0 Å². The van der Waals surface area contributed by atoms with E-state index < -0.39 is 0 Å². The monoisotopic (exact) mass is 326 g/mol. The van der Waals surface area contributed by atoms with E-state index in [9.17, 15) is 4.39 Å². The number of hydrogen-bond acceptors (Lipinski definition) is 4. The smallest absolute Gasteiger partial charge is 0.142 e. The van der Waals surface area contributed by atoms with Crippen LogP contribution in [0.15, 0.2) is 42.9 Å². The summed E-state index contributed by atoms with van der Waals surface area (Å²) in [7, 11) is 0. The first-order valence-corrected chi connectivity index (χ1v) is 8.19. The van der Waals surface area contributed by atoms with Gasteiger partial charge in [-0.1, -0.05) is 18.2 Å². The van der Waals surface area contributed by atoms with Crippen molar-refractivity contribution < 1.29 is 9.13 Å². The largest absolute Gasteiger partial charge is 0.372 e. The molecule has 5 nitrogen and oxygen atoms in total. The number of halogens is 1. The van der Waals surface area contributed by atoms with E-state index in [1.807, 2.05) is 18.3 Å². The molecule has 124 valence electrons. The summed E-state index contributed by atoms with van der Waals surface area (Å²) in [4.78, 5) is 14.0. The maximum Gasteiger partial charge on any atom is 0.142 e. The second-order valence-electron chi connectivity index (χ2n) is 6.05. The molecule has 1 aliphatic rings. The molecular weight excluding hydrogens is 307 g/mol. The van der Waals surface area contributed by atoms with E-state index in [-0.39, 0.29) is 11.9 Å². The third-order valence-electron chi connectivity index (χ3n) is 4.44. The lowest BCUT2D eigenvalue weighted by Gasteiger charge is -2.33. The van der Waals surface area contributed by atoms with Crippen LogP contribution >= 0.6 is 0 Å². The zero-order valence-electron chi connectivity index (χ0n) is 13.3. The second kappa shape index (κ2) is 6.57. The Balaban J connectivity index is 1.46. The highest BCUT2D eigenvalue weighted by Crippen LogP contribution is 2.26. The number of aromatic nitrogens is 3. The quantitative estimate of drug-likeness (QED) is 0.799. The number of H-pyrrole nitrogens is 1. The molecule has 1 N–H and O–H groups in total. The lowest BCUT2D eigenvalue weighted by Crippen LogP contribution is -2.40. The van der Waals surface area contributed by atoms with Crippen LogP contribution < -0.4 is 4.90 Å². The molecule has 0 radical (unpaired) electrons. The fourth-order valence-corrected chi connectivity index (χ4v) is 3.20. The van der Waals surface area contributed by atoms with Crippen LogP contribution in [0.4, 0.5) is 10.2 Å². The van der Waals surface area contributed by atoms with Gasteiger partial charge in [-0.05, 0) is 25.0 Å². The molecule has 0 saturated carbocycles. The van der Waals surface area contributed by atoms with E-state index in [0.717, 1.165) is 42.8 Å². The number of nitrogens with one attached hydrogen (secondary N) is 1. The zero-order valence-corrected chi connectivity index (χ0v) is 13.3.